The molecule has 0 saturated carbocycles. The second-order valence-electron chi connectivity index (χ2n) is 4.28. The van der Waals surface area contributed by atoms with Crippen LogP contribution in [0.5, 0.6) is 0 Å². The summed E-state index contributed by atoms with van der Waals surface area (Å²) < 4.78 is 5.61. The Kier molecular flexibility index (Phi) is 4.50. The van der Waals surface area contributed by atoms with Crippen LogP contribution in [0.3, 0.4) is 0 Å². The van der Waals surface area contributed by atoms with Gasteiger partial charge in [0.1, 0.15) is 5.82 Å². The number of nitrogens with one attached hydrogen (secondary N) is 2. The van der Waals surface area contributed by atoms with Crippen LogP contribution in [0.15, 0.2) is 6.07 Å². The van der Waals surface area contributed by atoms with Gasteiger partial charge in [-0.15, -0.1) is 0 Å². The zero-order valence-corrected chi connectivity index (χ0v) is 11.6. The summed E-state index contributed by atoms with van der Waals surface area (Å²) in [4.78, 5) is 4.24. The second kappa shape index (κ2) is 5.93. The van der Waals surface area contributed by atoms with Crippen LogP contribution in [-0.2, 0) is 4.74 Å². The molecule has 0 radical (unpaired) electrons. The van der Waals surface area contributed by atoms with Gasteiger partial charge in [-0.2, -0.15) is 0 Å². The van der Waals surface area contributed by atoms with Gasteiger partial charge < -0.3 is 15.5 Å². The van der Waals surface area contributed by atoms with Crippen LogP contribution < -0.4 is 16.6 Å². The van der Waals surface area contributed by atoms with Crippen LogP contribution in [0.2, 0.25) is 10.0 Å². The second-order valence-corrected chi connectivity index (χ2v) is 5.09. The SMILES string of the molecule is CC(Nc1nc(NN)c(Cl)cc1Cl)C1CCCO1. The van der Waals surface area contributed by atoms with Gasteiger partial charge in [0, 0.05) is 6.61 Å². The van der Waals surface area contributed by atoms with Gasteiger partial charge in [0.25, 0.3) is 0 Å². The molecule has 2 heterocycles. The molecule has 0 spiro atoms. The fourth-order valence-corrected chi connectivity index (χ4v) is 2.44. The number of halogens is 2. The summed E-state index contributed by atoms with van der Waals surface area (Å²) in [6, 6.07) is 1.74. The number of ether oxygens (including phenoxy) is 1. The van der Waals surface area contributed by atoms with Crippen molar-refractivity contribution < 1.29 is 4.74 Å². The van der Waals surface area contributed by atoms with Crippen molar-refractivity contribution in [2.24, 2.45) is 5.84 Å². The molecule has 1 fully saturated rings. The molecule has 2 atom stereocenters. The van der Waals surface area contributed by atoms with Crippen molar-refractivity contribution in [2.45, 2.75) is 31.9 Å². The van der Waals surface area contributed by atoms with Crippen molar-refractivity contribution >= 4 is 34.8 Å². The molecule has 0 bridgehead atoms. The predicted molar refractivity (Wildman–Crippen MR) is 74.1 cm³/mol. The van der Waals surface area contributed by atoms with E-state index in [9.17, 15) is 0 Å². The average Bonchev–Trinajstić information content (AvgIpc) is 2.86. The first-order valence-electron chi connectivity index (χ1n) is 5.82. The Balaban J connectivity index is 2.12. The summed E-state index contributed by atoms with van der Waals surface area (Å²) in [5.41, 5.74) is 2.43. The molecule has 0 aromatic carbocycles. The lowest BCUT2D eigenvalue weighted by atomic mass is 10.1. The van der Waals surface area contributed by atoms with Crippen LogP contribution in [0.1, 0.15) is 19.8 Å². The average molecular weight is 291 g/mol. The van der Waals surface area contributed by atoms with E-state index in [-0.39, 0.29) is 12.1 Å². The largest absolute Gasteiger partial charge is 0.376 e. The van der Waals surface area contributed by atoms with Crippen molar-refractivity contribution in [2.75, 3.05) is 17.3 Å². The minimum Gasteiger partial charge on any atom is -0.376 e. The van der Waals surface area contributed by atoms with E-state index in [1.54, 1.807) is 6.07 Å². The molecule has 1 aromatic heterocycles. The third-order valence-corrected chi connectivity index (χ3v) is 3.53. The van der Waals surface area contributed by atoms with Crippen LogP contribution in [0.4, 0.5) is 11.6 Å². The molecular weight excluding hydrogens is 275 g/mol. The van der Waals surface area contributed by atoms with Crippen LogP contribution >= 0.6 is 23.2 Å². The molecule has 2 rings (SSSR count). The van der Waals surface area contributed by atoms with Crippen LogP contribution in [-0.4, -0.2) is 23.7 Å². The van der Waals surface area contributed by atoms with E-state index < -0.39 is 0 Å². The zero-order chi connectivity index (χ0) is 13.1. The van der Waals surface area contributed by atoms with Gasteiger partial charge in [-0.3, -0.25) is 0 Å². The number of hydrazine groups is 1. The Bertz CT molecular complexity index is 424. The standard InChI is InChI=1S/C11H16Cl2N4O/c1-6(9-3-2-4-18-9)15-10-7(12)5-8(13)11(16-10)17-14/h5-6,9H,2-4,14H2,1H3,(H2,15,16,17). The lowest BCUT2D eigenvalue weighted by Crippen LogP contribution is -2.30. The number of nitrogen functional groups attached to an aromatic ring is 1. The van der Waals surface area contributed by atoms with E-state index in [1.807, 2.05) is 6.92 Å². The first-order valence-corrected chi connectivity index (χ1v) is 6.58. The normalized spacial score (nSPS) is 20.8. The van der Waals surface area contributed by atoms with Gasteiger partial charge in [-0.1, -0.05) is 23.2 Å². The minimum absolute atomic E-state index is 0.129. The third kappa shape index (κ3) is 2.98. The van der Waals surface area contributed by atoms with Gasteiger partial charge in [0.05, 0.1) is 22.2 Å². The summed E-state index contributed by atoms with van der Waals surface area (Å²) in [6.07, 6.45) is 2.32. The molecule has 2 unspecified atom stereocenters. The van der Waals surface area contributed by atoms with Crippen molar-refractivity contribution in [1.29, 1.82) is 0 Å². The quantitative estimate of drug-likeness (QED) is 0.587. The molecule has 1 aliphatic heterocycles. The van der Waals surface area contributed by atoms with E-state index >= 15 is 0 Å². The Morgan fingerprint density at radius 2 is 2.17 bits per heavy atom. The molecule has 18 heavy (non-hydrogen) atoms. The maximum absolute atomic E-state index is 6.09. The number of aromatic nitrogens is 1. The highest BCUT2D eigenvalue weighted by atomic mass is 35.5. The molecule has 5 nitrogen and oxygen atoms in total. The van der Waals surface area contributed by atoms with E-state index in [4.69, 9.17) is 33.8 Å². The highest BCUT2D eigenvalue weighted by molar-refractivity contribution is 6.37. The summed E-state index contributed by atoms with van der Waals surface area (Å²) in [6.45, 7) is 2.85. The molecule has 0 aliphatic carbocycles. The van der Waals surface area contributed by atoms with E-state index in [0.29, 0.717) is 21.7 Å². The van der Waals surface area contributed by atoms with E-state index in [2.05, 4.69) is 15.7 Å². The van der Waals surface area contributed by atoms with Gasteiger partial charge in [-0.25, -0.2) is 10.8 Å². The minimum atomic E-state index is 0.129. The Hall–Kier alpha value is -0.750. The Morgan fingerprint density at radius 3 is 2.78 bits per heavy atom. The van der Waals surface area contributed by atoms with E-state index in [1.165, 1.54) is 0 Å². The number of hydrogen-bond donors (Lipinski definition) is 3. The highest BCUT2D eigenvalue weighted by Crippen LogP contribution is 2.30. The lowest BCUT2D eigenvalue weighted by molar-refractivity contribution is 0.0996. The van der Waals surface area contributed by atoms with Gasteiger partial charge in [0.2, 0.25) is 0 Å². The highest BCUT2D eigenvalue weighted by Gasteiger charge is 2.23. The monoisotopic (exact) mass is 290 g/mol. The molecule has 4 N–H and O–H groups in total. The fraction of sp³-hybridized carbons (Fsp3) is 0.545. The van der Waals surface area contributed by atoms with E-state index in [0.717, 1.165) is 19.4 Å². The summed E-state index contributed by atoms with van der Waals surface area (Å²) in [5.74, 6) is 6.27. The third-order valence-electron chi connectivity index (χ3n) is 2.95. The molecule has 100 valence electrons. The Labute approximate surface area is 116 Å². The molecule has 0 amide bonds. The van der Waals surface area contributed by atoms with Crippen molar-refractivity contribution in [3.05, 3.63) is 16.1 Å². The Morgan fingerprint density at radius 1 is 1.44 bits per heavy atom. The maximum Gasteiger partial charge on any atom is 0.161 e. The summed E-state index contributed by atoms with van der Waals surface area (Å²) in [7, 11) is 0. The van der Waals surface area contributed by atoms with Gasteiger partial charge >= 0.3 is 0 Å². The molecular formula is C11H16Cl2N4O. The van der Waals surface area contributed by atoms with Gasteiger partial charge in [-0.05, 0) is 25.8 Å². The number of nitrogens with two attached hydrogens (primary N) is 1. The summed E-state index contributed by atoms with van der Waals surface area (Å²) >= 11 is 12.0. The number of rotatable bonds is 4. The first kappa shape index (κ1) is 13.7. The van der Waals surface area contributed by atoms with Crippen molar-refractivity contribution in [3.8, 4) is 0 Å². The molecule has 1 aromatic rings. The molecule has 7 heteroatoms. The number of anilines is 2. The number of hydrogen-bond acceptors (Lipinski definition) is 5. The lowest BCUT2D eigenvalue weighted by Gasteiger charge is -2.21. The van der Waals surface area contributed by atoms with Gasteiger partial charge in [0.15, 0.2) is 5.82 Å². The summed E-state index contributed by atoms with van der Waals surface area (Å²) in [5, 5.41) is 4.08. The topological polar surface area (TPSA) is 72.2 Å². The fourth-order valence-electron chi connectivity index (χ4n) is 1.97. The smallest absolute Gasteiger partial charge is 0.161 e. The first-order chi connectivity index (χ1) is 8.61. The van der Waals surface area contributed by atoms with Crippen molar-refractivity contribution in [1.82, 2.24) is 4.98 Å². The zero-order valence-electron chi connectivity index (χ0n) is 10.0. The van der Waals surface area contributed by atoms with Crippen LogP contribution in [0.25, 0.3) is 0 Å². The van der Waals surface area contributed by atoms with Crippen LogP contribution in [0, 0.1) is 0 Å². The maximum atomic E-state index is 6.09. The predicted octanol–water partition coefficient (Wildman–Crippen LogP) is 2.65. The number of pyridine rings is 1. The van der Waals surface area contributed by atoms with Crippen molar-refractivity contribution in [3.63, 3.8) is 0 Å². The molecule has 1 saturated heterocycles. The number of nitrogens with zero attached hydrogens (tertiary/aromatic N) is 1. The molecule has 1 aliphatic rings.